The molecule has 0 saturated carbocycles. The van der Waals surface area contributed by atoms with Gasteiger partial charge >= 0.3 is 0 Å². The van der Waals surface area contributed by atoms with Gasteiger partial charge in [-0.25, -0.2) is 0 Å². The van der Waals surface area contributed by atoms with Crippen molar-refractivity contribution in [2.45, 2.75) is 78.6 Å². The van der Waals surface area contributed by atoms with Crippen molar-refractivity contribution in [2.75, 3.05) is 9.80 Å². The summed E-state index contributed by atoms with van der Waals surface area (Å²) in [7, 11) is 0. The van der Waals surface area contributed by atoms with Crippen LogP contribution in [0.25, 0.3) is 89.0 Å². The standard InChI is InChI=1S/C90H77BN2/c1-88(2,3)72-46-40-62(41-47-72)68-44-50-81-79(56-68)91-80-57-69(63-42-48-73(49-43-63)89(4,5)6)45-51-82(80)93(87-77(66-36-24-14-25-37-66)54-71(61-30-18-11-19-31-61)55-78(87)67-38-26-15-27-39-67)84-59-74(90(7,8)9)58-83(85(84)91)92(81)86-75(64-32-20-12-21-33-64)52-70(60-28-16-10-17-29-60)53-76(86)65-34-22-13-23-35-65/h10-59H,1-9H3. The number of anilines is 6. The number of fused-ring (bicyclic) bond motifs is 4. The van der Waals surface area contributed by atoms with Crippen molar-refractivity contribution < 1.29 is 0 Å². The highest BCUT2D eigenvalue weighted by Gasteiger charge is 2.46. The van der Waals surface area contributed by atoms with E-state index in [9.17, 15) is 0 Å². The first-order valence-electron chi connectivity index (χ1n) is 33.0. The summed E-state index contributed by atoms with van der Waals surface area (Å²) in [4.78, 5) is 5.39. The van der Waals surface area contributed by atoms with E-state index in [4.69, 9.17) is 0 Å². The number of nitrogens with zero attached hydrogens (tertiary/aromatic N) is 2. The van der Waals surface area contributed by atoms with Gasteiger partial charge in [-0.05, 0) is 165 Å². The van der Waals surface area contributed by atoms with E-state index in [-0.39, 0.29) is 23.0 Å². The number of rotatable bonds is 10. The lowest BCUT2D eigenvalue weighted by molar-refractivity contribution is 0.590. The first kappa shape index (κ1) is 58.9. The monoisotopic (exact) mass is 1200 g/mol. The summed E-state index contributed by atoms with van der Waals surface area (Å²) in [5.74, 6) is 0. The van der Waals surface area contributed by atoms with Crippen LogP contribution in [0.4, 0.5) is 34.1 Å². The second-order valence-corrected chi connectivity index (χ2v) is 28.5. The van der Waals surface area contributed by atoms with Crippen LogP contribution in [0.5, 0.6) is 0 Å². The fraction of sp³-hybridized carbons (Fsp3) is 0.133. The van der Waals surface area contributed by atoms with Crippen LogP contribution < -0.4 is 26.2 Å². The van der Waals surface area contributed by atoms with Gasteiger partial charge in [0.25, 0.3) is 6.71 Å². The number of hydrogen-bond donors (Lipinski definition) is 0. The summed E-state index contributed by atoms with van der Waals surface area (Å²) in [6, 6.07) is 115. The van der Waals surface area contributed by atoms with E-state index in [0.717, 1.165) is 89.8 Å². The zero-order valence-corrected chi connectivity index (χ0v) is 54.8. The van der Waals surface area contributed by atoms with Crippen molar-refractivity contribution >= 4 is 57.2 Å². The van der Waals surface area contributed by atoms with Crippen molar-refractivity contribution in [3.05, 3.63) is 320 Å². The highest BCUT2D eigenvalue weighted by molar-refractivity contribution is 7.00. The van der Waals surface area contributed by atoms with Crippen LogP contribution in [0.1, 0.15) is 79.0 Å². The van der Waals surface area contributed by atoms with Gasteiger partial charge in [0, 0.05) is 45.0 Å². The molecule has 13 aromatic carbocycles. The van der Waals surface area contributed by atoms with Gasteiger partial charge in [-0.2, -0.15) is 0 Å². The molecule has 2 aliphatic heterocycles. The molecule has 2 aliphatic rings. The van der Waals surface area contributed by atoms with Crippen molar-refractivity contribution in [1.29, 1.82) is 0 Å². The molecule has 0 bridgehead atoms. The molecule has 2 heterocycles. The second-order valence-electron chi connectivity index (χ2n) is 28.5. The zero-order valence-electron chi connectivity index (χ0n) is 54.8. The van der Waals surface area contributed by atoms with Gasteiger partial charge in [-0.15, -0.1) is 0 Å². The average molecular weight is 1200 g/mol. The topological polar surface area (TPSA) is 6.48 Å². The predicted octanol–water partition coefficient (Wildman–Crippen LogP) is 23.0. The molecular formula is C90H77BN2. The van der Waals surface area contributed by atoms with Crippen LogP contribution in [0.2, 0.25) is 0 Å². The lowest BCUT2D eigenvalue weighted by atomic mass is 9.33. The van der Waals surface area contributed by atoms with E-state index < -0.39 is 0 Å². The Labute approximate surface area is 551 Å². The Balaban J connectivity index is 1.12. The molecule has 0 aliphatic carbocycles. The molecule has 15 rings (SSSR count). The van der Waals surface area contributed by atoms with Crippen LogP contribution in [0.3, 0.4) is 0 Å². The van der Waals surface area contributed by atoms with Gasteiger partial charge < -0.3 is 9.80 Å². The first-order valence-corrected chi connectivity index (χ1v) is 33.0. The lowest BCUT2D eigenvalue weighted by Crippen LogP contribution is -2.61. The summed E-state index contributed by atoms with van der Waals surface area (Å²) in [6.07, 6.45) is 0. The highest BCUT2D eigenvalue weighted by atomic mass is 15.2. The van der Waals surface area contributed by atoms with E-state index in [1.807, 2.05) is 0 Å². The molecule has 0 fully saturated rings. The second kappa shape index (κ2) is 23.3. The smallest absolute Gasteiger partial charge is 0.252 e. The lowest BCUT2D eigenvalue weighted by Gasteiger charge is -2.46. The van der Waals surface area contributed by atoms with Gasteiger partial charge in [0.15, 0.2) is 0 Å². The fourth-order valence-corrected chi connectivity index (χ4v) is 14.3. The third-order valence-electron chi connectivity index (χ3n) is 19.3. The van der Waals surface area contributed by atoms with Crippen molar-refractivity contribution in [2.24, 2.45) is 0 Å². The van der Waals surface area contributed by atoms with E-state index in [2.05, 4.69) is 375 Å². The minimum atomic E-state index is -0.283. The van der Waals surface area contributed by atoms with Crippen molar-refractivity contribution in [3.8, 4) is 89.0 Å². The predicted molar refractivity (Wildman–Crippen MR) is 400 cm³/mol. The molecule has 0 atom stereocenters. The van der Waals surface area contributed by atoms with Gasteiger partial charge in [0.1, 0.15) is 0 Å². The highest BCUT2D eigenvalue weighted by Crippen LogP contribution is 2.55. The minimum absolute atomic E-state index is 0.00889. The van der Waals surface area contributed by atoms with Gasteiger partial charge in [0.2, 0.25) is 0 Å². The molecule has 3 heteroatoms. The molecular weight excluding hydrogens is 1120 g/mol. The summed E-state index contributed by atoms with van der Waals surface area (Å²) in [5, 5.41) is 0. The SMILES string of the molecule is CC(C)(C)c1ccc(-c2ccc3c(c2)B2c4cc(-c5ccc(C(C)(C)C)cc5)ccc4N(c4c(-c5ccccc5)cc(-c5ccccc5)cc4-c4ccccc4)c4cc(C(C)(C)C)cc(c42)N3c2c(-c3ccccc3)cc(-c3ccccc3)cc2-c2ccccc2)cc1. The maximum absolute atomic E-state index is 2.69. The van der Waals surface area contributed by atoms with Gasteiger partial charge in [-0.1, -0.05) is 317 Å². The number of benzene rings is 13. The molecule has 0 amide bonds. The molecule has 0 unspecified atom stereocenters. The van der Waals surface area contributed by atoms with Crippen LogP contribution in [0.15, 0.2) is 303 Å². The summed E-state index contributed by atoms with van der Waals surface area (Å²) in [6.45, 7) is 20.7. The molecule has 0 N–H and O–H groups in total. The third kappa shape index (κ3) is 10.9. The maximum atomic E-state index is 2.69. The Kier molecular flexibility index (Phi) is 14.8. The Morgan fingerprint density at radius 2 is 0.473 bits per heavy atom. The van der Waals surface area contributed by atoms with E-state index in [0.29, 0.717) is 0 Å². The van der Waals surface area contributed by atoms with Crippen LogP contribution >= 0.6 is 0 Å². The molecule has 0 spiro atoms. The van der Waals surface area contributed by atoms with Crippen LogP contribution in [-0.4, -0.2) is 6.71 Å². The molecule has 0 saturated heterocycles. The average Bonchev–Trinajstić information content (AvgIpc) is 0.688. The number of hydrogen-bond acceptors (Lipinski definition) is 2. The summed E-state index contributed by atoms with van der Waals surface area (Å²) in [5.41, 5.74) is 32.9. The minimum Gasteiger partial charge on any atom is -0.310 e. The molecule has 2 nitrogen and oxygen atoms in total. The van der Waals surface area contributed by atoms with Gasteiger partial charge in [0.05, 0.1) is 11.4 Å². The molecule has 0 aromatic heterocycles. The molecule has 0 radical (unpaired) electrons. The normalized spacial score (nSPS) is 12.7. The Morgan fingerprint density at radius 3 is 0.753 bits per heavy atom. The van der Waals surface area contributed by atoms with E-state index in [1.165, 1.54) is 66.5 Å². The Bertz CT molecular complexity index is 4480. The maximum Gasteiger partial charge on any atom is 0.252 e. The van der Waals surface area contributed by atoms with E-state index >= 15 is 0 Å². The Morgan fingerprint density at radius 1 is 0.215 bits per heavy atom. The molecule has 93 heavy (non-hydrogen) atoms. The zero-order chi connectivity index (χ0) is 63.8. The quantitative estimate of drug-likeness (QED) is 0.126. The molecule has 13 aromatic rings. The third-order valence-corrected chi connectivity index (χ3v) is 19.3. The largest absolute Gasteiger partial charge is 0.310 e. The fourth-order valence-electron chi connectivity index (χ4n) is 14.3. The summed E-state index contributed by atoms with van der Waals surface area (Å²) < 4.78 is 0. The first-order chi connectivity index (χ1) is 45.0. The Hall–Kier alpha value is -10.5. The van der Waals surface area contributed by atoms with Crippen molar-refractivity contribution in [3.63, 3.8) is 0 Å². The summed E-state index contributed by atoms with van der Waals surface area (Å²) >= 11 is 0. The van der Waals surface area contributed by atoms with E-state index in [1.54, 1.807) is 0 Å². The van der Waals surface area contributed by atoms with Gasteiger partial charge in [-0.3, -0.25) is 0 Å². The van der Waals surface area contributed by atoms with Crippen LogP contribution in [0, 0.1) is 0 Å². The van der Waals surface area contributed by atoms with Crippen LogP contribution in [-0.2, 0) is 16.2 Å². The van der Waals surface area contributed by atoms with Crippen molar-refractivity contribution in [1.82, 2.24) is 0 Å². The molecule has 450 valence electrons.